The molecule has 1 fully saturated rings. The van der Waals surface area contributed by atoms with E-state index in [1.165, 1.54) is 36.5 Å². The third-order valence-corrected chi connectivity index (χ3v) is 7.83. The minimum absolute atomic E-state index is 0.0616. The van der Waals surface area contributed by atoms with E-state index >= 15 is 0 Å². The second-order valence-electron chi connectivity index (χ2n) is 10.3. The number of aromatic nitrogens is 2. The van der Waals surface area contributed by atoms with E-state index in [1.807, 2.05) is 20.8 Å². The molecule has 1 atom stereocenters. The molecule has 0 radical (unpaired) electrons. The van der Waals surface area contributed by atoms with Gasteiger partial charge in [-0.3, -0.25) is 0 Å². The summed E-state index contributed by atoms with van der Waals surface area (Å²) in [6.45, 7) is 6.13. The molecule has 12 heteroatoms. The Bertz CT molecular complexity index is 1390. The molecular formula is C24H27F5N4O2S. The van der Waals surface area contributed by atoms with Gasteiger partial charge in [-0.1, -0.05) is 32.9 Å². The number of sulfonamides is 1. The van der Waals surface area contributed by atoms with Gasteiger partial charge >= 0.3 is 6.18 Å². The standard InChI is InChI=1S/C24H27F5N4O2S/c1-23(2,3)12-33-11-17(20(22(25)26)32-36(34,35)14-5-6-14)16-7-4-13(10-18(16)33)15-8-9-19(30)31-21(15)24(27,28)29/h4,7-11,14,20,22,32H,5-6,12H2,1-3H3,(H2,30,31)/t20-/m0/s1. The van der Waals surface area contributed by atoms with Crippen molar-refractivity contribution in [3.63, 3.8) is 0 Å². The van der Waals surface area contributed by atoms with Crippen LogP contribution < -0.4 is 10.5 Å². The Morgan fingerprint density at radius 2 is 1.81 bits per heavy atom. The first-order valence-electron chi connectivity index (χ1n) is 11.3. The minimum atomic E-state index is -4.76. The van der Waals surface area contributed by atoms with Crippen molar-refractivity contribution < 1.29 is 30.4 Å². The monoisotopic (exact) mass is 530 g/mol. The van der Waals surface area contributed by atoms with Crippen molar-refractivity contribution in [2.45, 2.75) is 64.1 Å². The van der Waals surface area contributed by atoms with Gasteiger partial charge in [0, 0.05) is 34.8 Å². The Hall–Kier alpha value is -2.73. The van der Waals surface area contributed by atoms with Crippen LogP contribution in [-0.2, 0) is 22.7 Å². The van der Waals surface area contributed by atoms with Crippen molar-refractivity contribution in [1.29, 1.82) is 0 Å². The Morgan fingerprint density at radius 3 is 2.36 bits per heavy atom. The number of benzene rings is 1. The first kappa shape index (κ1) is 26.3. The van der Waals surface area contributed by atoms with Crippen molar-refractivity contribution in [3.8, 4) is 11.1 Å². The summed E-state index contributed by atoms with van der Waals surface area (Å²) in [5.41, 5.74) is 4.45. The molecule has 1 aliphatic carbocycles. The van der Waals surface area contributed by atoms with Crippen LogP contribution in [-0.4, -0.2) is 29.6 Å². The average Bonchev–Trinajstić information content (AvgIpc) is 3.55. The van der Waals surface area contributed by atoms with Gasteiger partial charge in [-0.25, -0.2) is 26.9 Å². The maximum Gasteiger partial charge on any atom is 0.434 e. The van der Waals surface area contributed by atoms with Crippen molar-refractivity contribution in [2.24, 2.45) is 5.41 Å². The van der Waals surface area contributed by atoms with Crippen molar-refractivity contribution in [3.05, 3.63) is 47.8 Å². The van der Waals surface area contributed by atoms with E-state index in [-0.39, 0.29) is 27.9 Å². The van der Waals surface area contributed by atoms with Crippen LogP contribution in [0.2, 0.25) is 0 Å². The summed E-state index contributed by atoms with van der Waals surface area (Å²) in [4.78, 5) is 3.47. The van der Waals surface area contributed by atoms with Crippen LogP contribution in [0.5, 0.6) is 0 Å². The third kappa shape index (κ3) is 5.49. The number of pyridine rings is 1. The van der Waals surface area contributed by atoms with Gasteiger partial charge in [-0.05, 0) is 42.0 Å². The van der Waals surface area contributed by atoms with E-state index < -0.39 is 39.6 Å². The van der Waals surface area contributed by atoms with E-state index in [0.29, 0.717) is 30.3 Å². The van der Waals surface area contributed by atoms with Crippen molar-refractivity contribution in [2.75, 3.05) is 5.73 Å². The highest BCUT2D eigenvalue weighted by Gasteiger charge is 2.40. The summed E-state index contributed by atoms with van der Waals surface area (Å²) < 4.78 is 98.2. The Kier molecular flexibility index (Phi) is 6.57. The fourth-order valence-electron chi connectivity index (χ4n) is 4.20. The number of hydrogen-bond donors (Lipinski definition) is 2. The van der Waals surface area contributed by atoms with E-state index in [2.05, 4.69) is 9.71 Å². The van der Waals surface area contributed by atoms with Gasteiger partial charge in [0.15, 0.2) is 5.69 Å². The van der Waals surface area contributed by atoms with Crippen LogP contribution in [0.4, 0.5) is 27.8 Å². The minimum Gasteiger partial charge on any atom is -0.384 e. The van der Waals surface area contributed by atoms with Gasteiger partial charge < -0.3 is 10.3 Å². The molecule has 3 aromatic rings. The van der Waals surface area contributed by atoms with Gasteiger partial charge in [0.25, 0.3) is 6.43 Å². The summed E-state index contributed by atoms with van der Waals surface area (Å²) in [6, 6.07) is 4.98. The lowest BCUT2D eigenvalue weighted by Crippen LogP contribution is -2.35. The van der Waals surface area contributed by atoms with E-state index in [1.54, 1.807) is 4.57 Å². The fraction of sp³-hybridized carbons (Fsp3) is 0.458. The molecule has 0 aliphatic heterocycles. The topological polar surface area (TPSA) is 90.0 Å². The maximum absolute atomic E-state index is 14.2. The molecule has 1 saturated carbocycles. The highest BCUT2D eigenvalue weighted by Crippen LogP contribution is 2.40. The molecule has 0 bridgehead atoms. The third-order valence-electron chi connectivity index (χ3n) is 5.90. The molecule has 36 heavy (non-hydrogen) atoms. The molecule has 2 heterocycles. The second-order valence-corrected chi connectivity index (χ2v) is 12.3. The van der Waals surface area contributed by atoms with Gasteiger partial charge in [-0.2, -0.15) is 13.2 Å². The predicted molar refractivity (Wildman–Crippen MR) is 128 cm³/mol. The maximum atomic E-state index is 14.2. The number of nitrogens with two attached hydrogens (primary N) is 1. The van der Waals surface area contributed by atoms with Gasteiger partial charge in [0.2, 0.25) is 10.0 Å². The van der Waals surface area contributed by atoms with Crippen LogP contribution in [0.3, 0.4) is 0 Å². The normalized spacial score (nSPS) is 16.1. The highest BCUT2D eigenvalue weighted by molar-refractivity contribution is 7.90. The largest absolute Gasteiger partial charge is 0.434 e. The fourth-order valence-corrected chi connectivity index (χ4v) is 5.74. The molecule has 1 aliphatic rings. The summed E-state index contributed by atoms with van der Waals surface area (Å²) in [5.74, 6) is -0.284. The van der Waals surface area contributed by atoms with Gasteiger partial charge in [0.1, 0.15) is 11.9 Å². The lowest BCUT2D eigenvalue weighted by atomic mass is 9.96. The number of rotatable bonds is 7. The Balaban J connectivity index is 1.89. The first-order chi connectivity index (χ1) is 16.6. The van der Waals surface area contributed by atoms with Gasteiger partial charge in [0.05, 0.1) is 5.25 Å². The lowest BCUT2D eigenvalue weighted by Gasteiger charge is -2.20. The number of nitrogens with one attached hydrogen (secondary N) is 1. The highest BCUT2D eigenvalue weighted by atomic mass is 32.2. The molecule has 0 unspecified atom stereocenters. The summed E-state index contributed by atoms with van der Waals surface area (Å²) >= 11 is 0. The average molecular weight is 531 g/mol. The van der Waals surface area contributed by atoms with Crippen LogP contribution in [0, 0.1) is 5.41 Å². The Labute approximate surface area is 205 Å². The number of fused-ring (bicyclic) bond motifs is 1. The first-order valence-corrected chi connectivity index (χ1v) is 12.9. The van der Waals surface area contributed by atoms with Crippen LogP contribution in [0.1, 0.15) is 50.9 Å². The Morgan fingerprint density at radius 1 is 1.14 bits per heavy atom. The van der Waals surface area contributed by atoms with Crippen LogP contribution in [0.25, 0.3) is 22.0 Å². The van der Waals surface area contributed by atoms with Crippen molar-refractivity contribution >= 4 is 26.7 Å². The molecule has 0 spiro atoms. The summed E-state index contributed by atoms with van der Waals surface area (Å²) in [6.07, 6.45) is -5.52. The van der Waals surface area contributed by atoms with E-state index in [0.717, 1.165) is 0 Å². The molecule has 4 rings (SSSR count). The number of nitrogens with zero attached hydrogens (tertiary/aromatic N) is 2. The number of nitrogen functional groups attached to an aromatic ring is 1. The number of hydrogen-bond acceptors (Lipinski definition) is 4. The lowest BCUT2D eigenvalue weighted by molar-refractivity contribution is -0.140. The predicted octanol–water partition coefficient (Wildman–Crippen LogP) is 5.74. The molecule has 0 amide bonds. The molecule has 3 N–H and O–H groups in total. The van der Waals surface area contributed by atoms with Gasteiger partial charge in [-0.15, -0.1) is 0 Å². The number of anilines is 1. The summed E-state index contributed by atoms with van der Waals surface area (Å²) in [7, 11) is -3.94. The zero-order valence-electron chi connectivity index (χ0n) is 19.9. The molecule has 1 aromatic carbocycles. The van der Waals surface area contributed by atoms with Crippen LogP contribution in [0.15, 0.2) is 36.5 Å². The smallest absolute Gasteiger partial charge is 0.384 e. The molecule has 6 nitrogen and oxygen atoms in total. The molecule has 0 saturated heterocycles. The zero-order chi connectivity index (χ0) is 26.6. The number of halogens is 5. The second kappa shape index (κ2) is 8.98. The molecular weight excluding hydrogens is 503 g/mol. The SMILES string of the molecule is CC(C)(C)Cn1cc([C@H](NS(=O)(=O)C2CC2)C(F)F)c2ccc(-c3ccc(N)nc3C(F)(F)F)cc21. The van der Waals surface area contributed by atoms with E-state index in [9.17, 15) is 30.4 Å². The van der Waals surface area contributed by atoms with Crippen LogP contribution >= 0.6 is 0 Å². The van der Waals surface area contributed by atoms with E-state index in [4.69, 9.17) is 5.73 Å². The van der Waals surface area contributed by atoms with Crippen molar-refractivity contribution in [1.82, 2.24) is 14.3 Å². The number of alkyl halides is 5. The summed E-state index contributed by atoms with van der Waals surface area (Å²) in [5, 5.41) is -0.365. The molecule has 196 valence electrons. The zero-order valence-corrected chi connectivity index (χ0v) is 20.7. The quantitative estimate of drug-likeness (QED) is 0.382. The molecule has 2 aromatic heterocycles.